The second kappa shape index (κ2) is 6.20. The molecule has 2 fully saturated rings. The molecule has 0 bridgehead atoms. The molecule has 0 amide bonds. The zero-order chi connectivity index (χ0) is 13.8. The highest BCUT2D eigenvalue weighted by Crippen LogP contribution is 2.34. The van der Waals surface area contributed by atoms with Crippen LogP contribution in [0.4, 0.5) is 0 Å². The molecule has 1 aromatic rings. The molecular formula is C14H23N3O3. The van der Waals surface area contributed by atoms with E-state index in [9.17, 15) is 0 Å². The van der Waals surface area contributed by atoms with Crippen molar-refractivity contribution in [2.45, 2.75) is 56.6 Å². The van der Waals surface area contributed by atoms with Gasteiger partial charge in [0.25, 0.3) is 0 Å². The van der Waals surface area contributed by atoms with E-state index in [1.165, 1.54) is 0 Å². The highest BCUT2D eigenvalue weighted by molar-refractivity contribution is 5.06. The Bertz CT molecular complexity index is 423. The van der Waals surface area contributed by atoms with Gasteiger partial charge in [0, 0.05) is 13.2 Å². The molecule has 3 rings (SSSR count). The molecule has 0 atom stereocenters. The molecule has 1 saturated carbocycles. The average molecular weight is 281 g/mol. The van der Waals surface area contributed by atoms with E-state index >= 15 is 0 Å². The van der Waals surface area contributed by atoms with Crippen molar-refractivity contribution >= 4 is 0 Å². The molecule has 0 unspecified atom stereocenters. The van der Waals surface area contributed by atoms with Crippen LogP contribution in [0, 0.1) is 0 Å². The number of nitrogens with zero attached hydrogens (tertiary/aromatic N) is 2. The lowest BCUT2D eigenvalue weighted by Gasteiger charge is -2.21. The number of hydrogen-bond donors (Lipinski definition) is 1. The Morgan fingerprint density at radius 1 is 1.25 bits per heavy atom. The van der Waals surface area contributed by atoms with E-state index in [4.69, 9.17) is 19.7 Å². The lowest BCUT2D eigenvalue weighted by atomic mass is 9.99. The highest BCUT2D eigenvalue weighted by atomic mass is 16.5. The average Bonchev–Trinajstić information content (AvgIpc) is 3.10. The summed E-state index contributed by atoms with van der Waals surface area (Å²) in [5.74, 6) is 1.29. The zero-order valence-electron chi connectivity index (χ0n) is 11.8. The number of ether oxygens (including phenoxy) is 2. The third-order valence-electron chi connectivity index (χ3n) is 4.25. The predicted molar refractivity (Wildman–Crippen MR) is 72.1 cm³/mol. The molecule has 6 heteroatoms. The minimum absolute atomic E-state index is 0.307. The maximum absolute atomic E-state index is 6.31. The molecule has 0 aromatic carbocycles. The summed E-state index contributed by atoms with van der Waals surface area (Å²) in [5.41, 5.74) is 5.94. The fourth-order valence-electron chi connectivity index (χ4n) is 2.94. The van der Waals surface area contributed by atoms with E-state index in [-0.39, 0.29) is 5.54 Å². The van der Waals surface area contributed by atoms with Gasteiger partial charge in [-0.1, -0.05) is 18.0 Å². The molecule has 20 heavy (non-hydrogen) atoms. The first-order valence-electron chi connectivity index (χ1n) is 7.58. The smallest absolute Gasteiger partial charge is 0.229 e. The number of hydrogen-bond acceptors (Lipinski definition) is 6. The van der Waals surface area contributed by atoms with E-state index in [2.05, 4.69) is 10.1 Å². The summed E-state index contributed by atoms with van der Waals surface area (Å²) < 4.78 is 16.4. The van der Waals surface area contributed by atoms with Crippen molar-refractivity contribution in [1.29, 1.82) is 0 Å². The summed E-state index contributed by atoms with van der Waals surface area (Å²) in [7, 11) is 0. The normalized spacial score (nSPS) is 23.2. The highest BCUT2D eigenvalue weighted by Gasteiger charge is 2.35. The first-order chi connectivity index (χ1) is 9.76. The minimum atomic E-state index is -0.372. The largest absolute Gasteiger partial charge is 0.381 e. The van der Waals surface area contributed by atoms with Gasteiger partial charge in [-0.3, -0.25) is 0 Å². The van der Waals surface area contributed by atoms with Crippen LogP contribution in [0.25, 0.3) is 0 Å². The summed E-state index contributed by atoms with van der Waals surface area (Å²) in [6, 6.07) is 0. The Kier molecular flexibility index (Phi) is 4.33. The molecule has 1 aliphatic heterocycles. The van der Waals surface area contributed by atoms with Gasteiger partial charge >= 0.3 is 0 Å². The molecule has 2 heterocycles. The van der Waals surface area contributed by atoms with Gasteiger partial charge in [-0.05, 0) is 25.7 Å². The second-order valence-electron chi connectivity index (χ2n) is 5.81. The standard InChI is InChI=1S/C14H23N3O3/c15-14(6-1-2-7-14)13-16-12(20-17-13)5-10-19-11-3-8-18-9-4-11/h11H,1-10,15H2. The van der Waals surface area contributed by atoms with Gasteiger partial charge in [-0.15, -0.1) is 0 Å². The van der Waals surface area contributed by atoms with Crippen LogP contribution in [0.2, 0.25) is 0 Å². The van der Waals surface area contributed by atoms with Crippen molar-refractivity contribution in [2.24, 2.45) is 5.73 Å². The maximum Gasteiger partial charge on any atom is 0.229 e. The summed E-state index contributed by atoms with van der Waals surface area (Å²) in [6.45, 7) is 2.21. The van der Waals surface area contributed by atoms with Gasteiger partial charge in [-0.2, -0.15) is 4.98 Å². The van der Waals surface area contributed by atoms with Crippen molar-refractivity contribution in [1.82, 2.24) is 10.1 Å². The number of rotatable bonds is 5. The Labute approximate surface area is 119 Å². The molecule has 112 valence electrons. The van der Waals surface area contributed by atoms with Crippen LogP contribution in [0.15, 0.2) is 4.52 Å². The molecule has 2 aliphatic rings. The van der Waals surface area contributed by atoms with E-state index in [0.717, 1.165) is 51.7 Å². The van der Waals surface area contributed by atoms with E-state index < -0.39 is 0 Å². The number of nitrogens with two attached hydrogens (primary N) is 1. The van der Waals surface area contributed by atoms with Gasteiger partial charge in [-0.25, -0.2) is 0 Å². The van der Waals surface area contributed by atoms with Crippen LogP contribution in [-0.4, -0.2) is 36.1 Å². The predicted octanol–water partition coefficient (Wildman–Crippen LogP) is 1.54. The minimum Gasteiger partial charge on any atom is -0.381 e. The van der Waals surface area contributed by atoms with Crippen molar-refractivity contribution in [3.8, 4) is 0 Å². The quantitative estimate of drug-likeness (QED) is 0.881. The van der Waals surface area contributed by atoms with E-state index in [0.29, 0.717) is 30.8 Å². The Morgan fingerprint density at radius 3 is 2.75 bits per heavy atom. The maximum atomic E-state index is 6.31. The molecule has 0 spiro atoms. The van der Waals surface area contributed by atoms with E-state index in [1.807, 2.05) is 0 Å². The molecule has 2 N–H and O–H groups in total. The summed E-state index contributed by atoms with van der Waals surface area (Å²) in [5, 5.41) is 4.05. The first kappa shape index (κ1) is 14.0. The van der Waals surface area contributed by atoms with Crippen molar-refractivity contribution in [3.05, 3.63) is 11.7 Å². The topological polar surface area (TPSA) is 83.4 Å². The Morgan fingerprint density at radius 2 is 2.00 bits per heavy atom. The van der Waals surface area contributed by atoms with Gasteiger partial charge in [0.15, 0.2) is 5.82 Å². The van der Waals surface area contributed by atoms with Gasteiger partial charge in [0.1, 0.15) is 0 Å². The van der Waals surface area contributed by atoms with Crippen molar-refractivity contribution < 1.29 is 14.0 Å². The van der Waals surface area contributed by atoms with Crippen LogP contribution in [0.3, 0.4) is 0 Å². The SMILES string of the molecule is NC1(c2noc(CCOC3CCOCC3)n2)CCCC1. The van der Waals surface area contributed by atoms with Crippen molar-refractivity contribution in [3.63, 3.8) is 0 Å². The van der Waals surface area contributed by atoms with Gasteiger partial charge in [0.05, 0.1) is 24.7 Å². The van der Waals surface area contributed by atoms with Crippen LogP contribution in [0.5, 0.6) is 0 Å². The van der Waals surface area contributed by atoms with Crippen LogP contribution < -0.4 is 5.73 Å². The lowest BCUT2D eigenvalue weighted by molar-refractivity contribution is -0.0318. The molecule has 1 aromatic heterocycles. The molecule has 0 radical (unpaired) electrons. The lowest BCUT2D eigenvalue weighted by Crippen LogP contribution is -2.34. The van der Waals surface area contributed by atoms with Gasteiger partial charge in [0.2, 0.25) is 5.89 Å². The van der Waals surface area contributed by atoms with Gasteiger partial charge < -0.3 is 19.7 Å². The van der Waals surface area contributed by atoms with Crippen LogP contribution in [0.1, 0.15) is 50.2 Å². The van der Waals surface area contributed by atoms with Crippen LogP contribution in [-0.2, 0) is 21.4 Å². The first-order valence-corrected chi connectivity index (χ1v) is 7.58. The molecule has 1 saturated heterocycles. The molecule has 1 aliphatic carbocycles. The van der Waals surface area contributed by atoms with Crippen LogP contribution >= 0.6 is 0 Å². The van der Waals surface area contributed by atoms with Crippen molar-refractivity contribution in [2.75, 3.05) is 19.8 Å². The second-order valence-corrected chi connectivity index (χ2v) is 5.81. The fraction of sp³-hybridized carbons (Fsp3) is 0.857. The summed E-state index contributed by atoms with van der Waals surface area (Å²) >= 11 is 0. The number of aromatic nitrogens is 2. The molecule has 6 nitrogen and oxygen atoms in total. The third-order valence-corrected chi connectivity index (χ3v) is 4.25. The Hall–Kier alpha value is -0.980. The summed E-state index contributed by atoms with van der Waals surface area (Å²) in [4.78, 5) is 4.44. The zero-order valence-corrected chi connectivity index (χ0v) is 11.8. The fourth-order valence-corrected chi connectivity index (χ4v) is 2.94. The Balaban J connectivity index is 1.47. The van der Waals surface area contributed by atoms with E-state index in [1.54, 1.807) is 0 Å². The summed E-state index contributed by atoms with van der Waals surface area (Å²) in [6.07, 6.45) is 7.10. The molecular weight excluding hydrogens is 258 g/mol. The monoisotopic (exact) mass is 281 g/mol. The third kappa shape index (κ3) is 3.19.